The van der Waals surface area contributed by atoms with Crippen LogP contribution in [0, 0.1) is 17.0 Å². The SMILES string of the molecule is CC(C)(C)OC(=O)N1CC2(CC2)[C@H](NS(C)(=O)=O)[C@@H]1Cc1cc(F)cc(Br)c1F. The quantitative estimate of drug-likeness (QED) is 0.648. The van der Waals surface area contributed by atoms with Gasteiger partial charge in [0.05, 0.1) is 16.8 Å². The fraction of sp³-hybridized carbons (Fsp3) is 0.632. The molecule has 0 aromatic heterocycles. The number of benzene rings is 1. The average molecular weight is 495 g/mol. The lowest BCUT2D eigenvalue weighted by atomic mass is 9.92. The number of rotatable bonds is 4. The van der Waals surface area contributed by atoms with Crippen LogP contribution in [-0.4, -0.2) is 49.9 Å². The van der Waals surface area contributed by atoms with Crippen molar-refractivity contribution in [2.24, 2.45) is 5.41 Å². The van der Waals surface area contributed by atoms with E-state index in [9.17, 15) is 22.0 Å². The first-order valence-corrected chi connectivity index (χ1v) is 12.0. The van der Waals surface area contributed by atoms with E-state index in [0.717, 1.165) is 31.2 Å². The zero-order valence-corrected chi connectivity index (χ0v) is 19.2. The first-order valence-electron chi connectivity index (χ1n) is 9.31. The van der Waals surface area contributed by atoms with E-state index in [1.807, 2.05) is 0 Å². The summed E-state index contributed by atoms with van der Waals surface area (Å²) in [6.07, 6.45) is 1.89. The number of likely N-dealkylation sites (tertiary alicyclic amines) is 1. The number of amides is 1. The Hall–Kier alpha value is -1.26. The molecule has 2 fully saturated rings. The van der Waals surface area contributed by atoms with Crippen molar-refractivity contribution in [2.75, 3.05) is 12.8 Å². The van der Waals surface area contributed by atoms with E-state index in [2.05, 4.69) is 20.7 Å². The van der Waals surface area contributed by atoms with Crippen LogP contribution in [0.2, 0.25) is 0 Å². The summed E-state index contributed by atoms with van der Waals surface area (Å²) in [5.41, 5.74) is -1.09. The highest BCUT2D eigenvalue weighted by atomic mass is 79.9. The van der Waals surface area contributed by atoms with E-state index in [4.69, 9.17) is 4.74 Å². The van der Waals surface area contributed by atoms with E-state index < -0.39 is 50.9 Å². The highest BCUT2D eigenvalue weighted by Gasteiger charge is 2.61. The molecule has 1 amide bonds. The van der Waals surface area contributed by atoms with Crippen LogP contribution < -0.4 is 4.72 Å². The third-order valence-corrected chi connectivity index (χ3v) is 6.55. The van der Waals surface area contributed by atoms with Crippen molar-refractivity contribution in [3.8, 4) is 0 Å². The lowest BCUT2D eigenvalue weighted by molar-refractivity contribution is 0.0213. The molecular weight excluding hydrogens is 470 g/mol. The second-order valence-electron chi connectivity index (χ2n) is 8.97. The van der Waals surface area contributed by atoms with Crippen LogP contribution >= 0.6 is 15.9 Å². The zero-order chi connectivity index (χ0) is 21.8. The number of carbonyl (C=O) groups is 1. The van der Waals surface area contributed by atoms with Gasteiger partial charge in [-0.25, -0.2) is 26.7 Å². The number of hydrogen-bond donors (Lipinski definition) is 1. The van der Waals surface area contributed by atoms with Crippen LogP contribution in [-0.2, 0) is 21.2 Å². The van der Waals surface area contributed by atoms with Gasteiger partial charge in [-0.15, -0.1) is 0 Å². The summed E-state index contributed by atoms with van der Waals surface area (Å²) in [6.45, 7) is 5.51. The van der Waals surface area contributed by atoms with Gasteiger partial charge in [0.15, 0.2) is 0 Å². The summed E-state index contributed by atoms with van der Waals surface area (Å²) in [5.74, 6) is -1.26. The van der Waals surface area contributed by atoms with Gasteiger partial charge >= 0.3 is 6.09 Å². The standard InChI is InChI=1S/C19H25BrF2N2O4S/c1-18(2,3)28-17(25)24-10-19(5-6-19)16(23-29(4,26)27)14(24)8-11-7-12(21)9-13(20)15(11)22/h7,9,14,16,23H,5-6,8,10H2,1-4H3/t14-,16+/m0/s1. The van der Waals surface area contributed by atoms with Gasteiger partial charge in [0.1, 0.15) is 17.2 Å². The number of nitrogens with zero attached hydrogens (tertiary/aromatic N) is 1. The van der Waals surface area contributed by atoms with Crippen LogP contribution in [0.4, 0.5) is 13.6 Å². The maximum absolute atomic E-state index is 14.6. The molecule has 1 saturated heterocycles. The lowest BCUT2D eigenvalue weighted by Crippen LogP contribution is -2.50. The summed E-state index contributed by atoms with van der Waals surface area (Å²) in [7, 11) is -3.58. The Morgan fingerprint density at radius 2 is 1.97 bits per heavy atom. The Labute approximate surface area is 178 Å². The number of sulfonamides is 1. The van der Waals surface area contributed by atoms with Gasteiger partial charge in [-0.1, -0.05) is 0 Å². The van der Waals surface area contributed by atoms with E-state index in [-0.39, 0.29) is 16.5 Å². The molecule has 1 aromatic carbocycles. The number of halogens is 3. The van der Waals surface area contributed by atoms with E-state index >= 15 is 0 Å². The maximum atomic E-state index is 14.6. The highest BCUT2D eigenvalue weighted by molar-refractivity contribution is 9.10. The topological polar surface area (TPSA) is 75.7 Å². The van der Waals surface area contributed by atoms with Crippen LogP contribution in [0.3, 0.4) is 0 Å². The molecule has 0 radical (unpaired) electrons. The molecule has 10 heteroatoms. The second-order valence-corrected chi connectivity index (χ2v) is 11.6. The Morgan fingerprint density at radius 3 is 2.48 bits per heavy atom. The Morgan fingerprint density at radius 1 is 1.34 bits per heavy atom. The van der Waals surface area contributed by atoms with Crippen LogP contribution in [0.15, 0.2) is 16.6 Å². The van der Waals surface area contributed by atoms with Crippen molar-refractivity contribution in [3.63, 3.8) is 0 Å². The first kappa shape index (κ1) is 22.4. The van der Waals surface area contributed by atoms with Gasteiger partial charge < -0.3 is 9.64 Å². The number of carbonyl (C=O) groups excluding carboxylic acids is 1. The van der Waals surface area contributed by atoms with E-state index in [1.54, 1.807) is 20.8 Å². The number of hydrogen-bond acceptors (Lipinski definition) is 4. The molecule has 6 nitrogen and oxygen atoms in total. The minimum absolute atomic E-state index is 0.0249. The smallest absolute Gasteiger partial charge is 0.410 e. The molecule has 2 atom stereocenters. The summed E-state index contributed by atoms with van der Waals surface area (Å²) >= 11 is 3.00. The Balaban J connectivity index is 1.99. The van der Waals surface area contributed by atoms with Crippen molar-refractivity contribution in [2.45, 2.75) is 57.7 Å². The molecule has 3 rings (SSSR count). The molecule has 29 heavy (non-hydrogen) atoms. The first-order chi connectivity index (χ1) is 13.2. The van der Waals surface area contributed by atoms with Crippen molar-refractivity contribution >= 4 is 32.0 Å². The summed E-state index contributed by atoms with van der Waals surface area (Å²) in [6, 6.07) is 0.785. The lowest BCUT2D eigenvalue weighted by Gasteiger charge is -2.31. The molecule has 0 unspecified atom stereocenters. The van der Waals surface area contributed by atoms with E-state index in [1.165, 1.54) is 4.90 Å². The molecule has 2 aliphatic rings. The van der Waals surface area contributed by atoms with Crippen molar-refractivity contribution in [1.82, 2.24) is 9.62 Å². The monoisotopic (exact) mass is 494 g/mol. The van der Waals surface area contributed by atoms with Crippen LogP contribution in [0.25, 0.3) is 0 Å². The fourth-order valence-electron chi connectivity index (χ4n) is 3.94. The third kappa shape index (κ3) is 5.08. The Kier molecular flexibility index (Phi) is 5.77. The predicted molar refractivity (Wildman–Crippen MR) is 108 cm³/mol. The Bertz CT molecular complexity index is 929. The molecule has 0 bridgehead atoms. The van der Waals surface area contributed by atoms with Crippen molar-refractivity contribution in [1.29, 1.82) is 0 Å². The number of ether oxygens (including phenoxy) is 1. The minimum atomic E-state index is -3.58. The van der Waals surface area contributed by atoms with Crippen molar-refractivity contribution in [3.05, 3.63) is 33.8 Å². The van der Waals surface area contributed by atoms with Gasteiger partial charge in [-0.3, -0.25) is 0 Å². The van der Waals surface area contributed by atoms with Gasteiger partial charge in [0.2, 0.25) is 10.0 Å². The molecule has 1 aliphatic carbocycles. The van der Waals surface area contributed by atoms with Gasteiger partial charge in [-0.05, 0) is 73.7 Å². The molecular formula is C19H25BrF2N2O4S. The number of nitrogens with one attached hydrogen (secondary N) is 1. The summed E-state index contributed by atoms with van der Waals surface area (Å²) in [5, 5.41) is 0. The van der Waals surface area contributed by atoms with Crippen LogP contribution in [0.1, 0.15) is 39.2 Å². The maximum Gasteiger partial charge on any atom is 0.410 e. The van der Waals surface area contributed by atoms with Crippen LogP contribution in [0.5, 0.6) is 0 Å². The van der Waals surface area contributed by atoms with Gasteiger partial charge in [0.25, 0.3) is 0 Å². The highest BCUT2D eigenvalue weighted by Crippen LogP contribution is 2.55. The zero-order valence-electron chi connectivity index (χ0n) is 16.8. The molecule has 1 spiro atoms. The molecule has 1 aliphatic heterocycles. The molecule has 162 valence electrons. The van der Waals surface area contributed by atoms with Crippen molar-refractivity contribution < 1.29 is 26.7 Å². The third-order valence-electron chi connectivity index (χ3n) is 5.29. The largest absolute Gasteiger partial charge is 0.444 e. The van der Waals surface area contributed by atoms with Gasteiger partial charge in [-0.2, -0.15) is 0 Å². The predicted octanol–water partition coefficient (Wildman–Crippen LogP) is 3.59. The molecule has 1 aromatic rings. The van der Waals surface area contributed by atoms with E-state index in [0.29, 0.717) is 6.54 Å². The molecule has 1 N–H and O–H groups in total. The van der Waals surface area contributed by atoms with Gasteiger partial charge in [0, 0.05) is 18.0 Å². The molecule has 1 heterocycles. The summed E-state index contributed by atoms with van der Waals surface area (Å²) < 4.78 is 60.6. The fourth-order valence-corrected chi connectivity index (χ4v) is 5.28. The summed E-state index contributed by atoms with van der Waals surface area (Å²) in [4.78, 5) is 14.3. The second kappa shape index (κ2) is 7.46. The normalized spacial score (nSPS) is 23.5. The molecule has 1 saturated carbocycles. The average Bonchev–Trinajstić information content (AvgIpc) is 3.25. The minimum Gasteiger partial charge on any atom is -0.444 e.